The van der Waals surface area contributed by atoms with Gasteiger partial charge in [0.2, 0.25) is 0 Å². The lowest BCUT2D eigenvalue weighted by Crippen LogP contribution is -2.18. The number of alkyl halides is 1. The number of halogens is 1. The van der Waals surface area contributed by atoms with E-state index in [9.17, 15) is 8.42 Å². The topological polar surface area (TPSA) is 34.1 Å². The molecule has 0 aliphatic heterocycles. The lowest BCUT2D eigenvalue weighted by molar-refractivity contribution is 0.553. The third-order valence-electron chi connectivity index (χ3n) is 1.84. The van der Waals surface area contributed by atoms with Gasteiger partial charge in [-0.3, -0.25) is 0 Å². The quantitative estimate of drug-likeness (QED) is 0.684. The van der Waals surface area contributed by atoms with E-state index in [4.69, 9.17) is 0 Å². The molecule has 0 N–H and O–H groups in total. The van der Waals surface area contributed by atoms with Crippen molar-refractivity contribution in [2.75, 3.05) is 16.8 Å². The van der Waals surface area contributed by atoms with Crippen molar-refractivity contribution in [3.63, 3.8) is 0 Å². The molecule has 1 unspecified atom stereocenters. The molecular formula is C8H17BrO2S. The van der Waals surface area contributed by atoms with Crippen molar-refractivity contribution in [2.24, 2.45) is 5.92 Å². The zero-order chi connectivity index (χ0) is 9.61. The van der Waals surface area contributed by atoms with Crippen molar-refractivity contribution in [1.82, 2.24) is 0 Å². The summed E-state index contributed by atoms with van der Waals surface area (Å²) in [6.45, 7) is 3.78. The zero-order valence-electron chi connectivity index (χ0n) is 7.72. The highest BCUT2D eigenvalue weighted by Gasteiger charge is 2.15. The van der Waals surface area contributed by atoms with Crippen LogP contribution in [0.1, 0.15) is 26.7 Å². The maximum Gasteiger partial charge on any atom is 0.150 e. The van der Waals surface area contributed by atoms with Gasteiger partial charge in [0.1, 0.15) is 9.84 Å². The Balaban J connectivity index is 4.02. The van der Waals surface area contributed by atoms with E-state index in [0.717, 1.165) is 18.2 Å². The van der Waals surface area contributed by atoms with Gasteiger partial charge < -0.3 is 0 Å². The van der Waals surface area contributed by atoms with Crippen LogP contribution in [0.15, 0.2) is 0 Å². The maximum absolute atomic E-state index is 11.2. The molecule has 0 radical (unpaired) electrons. The Morgan fingerprint density at radius 2 is 1.92 bits per heavy atom. The van der Waals surface area contributed by atoms with Crippen LogP contribution in [0.25, 0.3) is 0 Å². The van der Waals surface area contributed by atoms with Gasteiger partial charge in [-0.2, -0.15) is 0 Å². The van der Waals surface area contributed by atoms with E-state index in [1.807, 2.05) is 0 Å². The Morgan fingerprint density at radius 3 is 2.25 bits per heavy atom. The fourth-order valence-electron chi connectivity index (χ4n) is 1.09. The molecule has 0 heterocycles. The summed E-state index contributed by atoms with van der Waals surface area (Å²) in [5.41, 5.74) is 0. The van der Waals surface area contributed by atoms with Crippen molar-refractivity contribution < 1.29 is 8.42 Å². The molecule has 0 spiro atoms. The van der Waals surface area contributed by atoms with Gasteiger partial charge in [0, 0.05) is 11.1 Å². The van der Waals surface area contributed by atoms with Crippen molar-refractivity contribution in [3.8, 4) is 0 Å². The SMILES string of the molecule is CCCC(CBr)CS(=O)(=O)CC. The Kier molecular flexibility index (Phi) is 6.19. The number of hydrogen-bond acceptors (Lipinski definition) is 2. The summed E-state index contributed by atoms with van der Waals surface area (Å²) in [6.07, 6.45) is 2.04. The molecule has 0 aromatic rings. The molecule has 0 saturated carbocycles. The first-order valence-electron chi connectivity index (χ1n) is 4.32. The largest absolute Gasteiger partial charge is 0.229 e. The van der Waals surface area contributed by atoms with Crippen LogP contribution >= 0.6 is 15.9 Å². The van der Waals surface area contributed by atoms with Crippen LogP contribution in [0.5, 0.6) is 0 Å². The van der Waals surface area contributed by atoms with E-state index in [2.05, 4.69) is 22.9 Å². The molecular weight excluding hydrogens is 240 g/mol. The summed E-state index contributed by atoms with van der Waals surface area (Å²) in [4.78, 5) is 0. The minimum Gasteiger partial charge on any atom is -0.229 e. The summed E-state index contributed by atoms with van der Waals surface area (Å²) in [5, 5.41) is 0.792. The summed E-state index contributed by atoms with van der Waals surface area (Å²) in [6, 6.07) is 0. The van der Waals surface area contributed by atoms with Gasteiger partial charge in [0.15, 0.2) is 0 Å². The summed E-state index contributed by atoms with van der Waals surface area (Å²) < 4.78 is 22.4. The molecule has 12 heavy (non-hydrogen) atoms. The van der Waals surface area contributed by atoms with Crippen molar-refractivity contribution in [1.29, 1.82) is 0 Å². The smallest absolute Gasteiger partial charge is 0.150 e. The zero-order valence-corrected chi connectivity index (χ0v) is 10.1. The number of rotatable bonds is 6. The number of sulfone groups is 1. The maximum atomic E-state index is 11.2. The summed E-state index contributed by atoms with van der Waals surface area (Å²) in [7, 11) is -2.78. The Morgan fingerprint density at radius 1 is 1.33 bits per heavy atom. The standard InChI is InChI=1S/C8H17BrO2S/c1-3-5-8(6-9)7-12(10,11)4-2/h8H,3-7H2,1-2H3. The normalized spacial score (nSPS) is 14.6. The number of hydrogen-bond donors (Lipinski definition) is 0. The average Bonchev–Trinajstić information content (AvgIpc) is 2.03. The molecule has 0 rings (SSSR count). The summed E-state index contributed by atoms with van der Waals surface area (Å²) >= 11 is 3.33. The molecule has 0 fully saturated rings. The molecule has 2 nitrogen and oxygen atoms in total. The predicted molar refractivity (Wildman–Crippen MR) is 56.5 cm³/mol. The monoisotopic (exact) mass is 256 g/mol. The van der Waals surface area contributed by atoms with Crippen molar-refractivity contribution in [3.05, 3.63) is 0 Å². The summed E-state index contributed by atoms with van der Waals surface area (Å²) in [5.74, 6) is 0.892. The molecule has 0 aliphatic rings. The van der Waals surface area contributed by atoms with Gasteiger partial charge in [0.05, 0.1) is 5.75 Å². The second-order valence-electron chi connectivity index (χ2n) is 3.01. The fourth-order valence-corrected chi connectivity index (χ4v) is 3.18. The van der Waals surface area contributed by atoms with Crippen LogP contribution in [-0.4, -0.2) is 25.3 Å². The molecule has 0 aliphatic carbocycles. The first kappa shape index (κ1) is 12.4. The predicted octanol–water partition coefficient (Wildman–Crippen LogP) is 2.23. The molecule has 1 atom stereocenters. The van der Waals surface area contributed by atoms with Crippen LogP contribution < -0.4 is 0 Å². The third-order valence-corrected chi connectivity index (χ3v) is 4.62. The van der Waals surface area contributed by atoms with E-state index >= 15 is 0 Å². The first-order chi connectivity index (χ1) is 5.55. The van der Waals surface area contributed by atoms with E-state index < -0.39 is 9.84 Å². The van der Waals surface area contributed by atoms with Gasteiger partial charge >= 0.3 is 0 Å². The van der Waals surface area contributed by atoms with Crippen LogP contribution in [0, 0.1) is 5.92 Å². The van der Waals surface area contributed by atoms with Crippen molar-refractivity contribution in [2.45, 2.75) is 26.7 Å². The van der Waals surface area contributed by atoms with E-state index in [0.29, 0.717) is 11.7 Å². The van der Waals surface area contributed by atoms with E-state index in [-0.39, 0.29) is 5.75 Å². The Labute approximate surface area is 83.8 Å². The fraction of sp³-hybridized carbons (Fsp3) is 1.00. The van der Waals surface area contributed by atoms with Crippen LogP contribution in [0.2, 0.25) is 0 Å². The second-order valence-corrected chi connectivity index (χ2v) is 6.05. The third kappa shape index (κ3) is 5.14. The van der Waals surface area contributed by atoms with Gasteiger partial charge in [-0.25, -0.2) is 8.42 Å². The van der Waals surface area contributed by atoms with Gasteiger partial charge in [-0.1, -0.05) is 36.2 Å². The second kappa shape index (κ2) is 5.97. The molecule has 0 saturated heterocycles. The minimum atomic E-state index is -2.78. The minimum absolute atomic E-state index is 0.264. The Bertz CT molecular complexity index is 199. The Hall–Kier alpha value is 0.430. The van der Waals surface area contributed by atoms with Crippen molar-refractivity contribution >= 4 is 25.8 Å². The first-order valence-corrected chi connectivity index (χ1v) is 7.26. The lowest BCUT2D eigenvalue weighted by Gasteiger charge is -2.11. The van der Waals surface area contributed by atoms with Gasteiger partial charge in [0.25, 0.3) is 0 Å². The molecule has 0 aromatic carbocycles. The van der Waals surface area contributed by atoms with Crippen LogP contribution in [0.3, 0.4) is 0 Å². The molecule has 74 valence electrons. The highest BCUT2D eigenvalue weighted by atomic mass is 79.9. The molecule has 0 aromatic heterocycles. The molecule has 4 heteroatoms. The average molecular weight is 257 g/mol. The van der Waals surface area contributed by atoms with E-state index in [1.54, 1.807) is 6.92 Å². The highest BCUT2D eigenvalue weighted by molar-refractivity contribution is 9.09. The highest BCUT2D eigenvalue weighted by Crippen LogP contribution is 2.12. The van der Waals surface area contributed by atoms with Crippen LogP contribution in [0.4, 0.5) is 0 Å². The van der Waals surface area contributed by atoms with Crippen LogP contribution in [-0.2, 0) is 9.84 Å². The van der Waals surface area contributed by atoms with Gasteiger partial charge in [-0.05, 0) is 12.3 Å². The lowest BCUT2D eigenvalue weighted by atomic mass is 10.1. The van der Waals surface area contributed by atoms with E-state index in [1.165, 1.54) is 0 Å². The molecule has 0 bridgehead atoms. The molecule has 0 amide bonds. The van der Waals surface area contributed by atoms with Gasteiger partial charge in [-0.15, -0.1) is 0 Å².